The third-order valence-electron chi connectivity index (χ3n) is 5.15. The fourth-order valence-corrected chi connectivity index (χ4v) is 3.27. The third kappa shape index (κ3) is 1.57. The molecule has 3 heteroatoms. The van der Waals surface area contributed by atoms with Crippen molar-refractivity contribution in [3.05, 3.63) is 29.6 Å². The fourth-order valence-electron chi connectivity index (χ4n) is 3.27. The summed E-state index contributed by atoms with van der Waals surface area (Å²) in [6.07, 6.45) is 6.12. The summed E-state index contributed by atoms with van der Waals surface area (Å²) in [5.74, 6) is 1.90. The first kappa shape index (κ1) is 11.5. The van der Waals surface area contributed by atoms with Crippen molar-refractivity contribution in [2.45, 2.75) is 43.4 Å². The van der Waals surface area contributed by atoms with Gasteiger partial charge in [0.15, 0.2) is 0 Å². The van der Waals surface area contributed by atoms with E-state index in [0.29, 0.717) is 5.92 Å². The molecule has 1 aromatic carbocycles. The average molecular weight is 256 g/mol. The van der Waals surface area contributed by atoms with E-state index >= 15 is 0 Å². The van der Waals surface area contributed by atoms with Crippen LogP contribution in [0.1, 0.15) is 49.4 Å². The highest BCUT2D eigenvalue weighted by atomic mass is 16.3. The van der Waals surface area contributed by atoms with E-state index < -0.39 is 0 Å². The third-order valence-corrected chi connectivity index (χ3v) is 5.15. The number of aliphatic hydroxyl groups is 1. The molecule has 0 bridgehead atoms. The van der Waals surface area contributed by atoms with Gasteiger partial charge in [-0.1, -0.05) is 12.5 Å². The summed E-state index contributed by atoms with van der Waals surface area (Å²) in [4.78, 5) is 4.85. The molecule has 0 spiro atoms. The van der Waals surface area contributed by atoms with Crippen LogP contribution in [0.4, 0.5) is 0 Å². The zero-order chi connectivity index (χ0) is 13.0. The molecule has 0 radical (unpaired) electrons. The molecule has 4 rings (SSSR count). The molecule has 2 fully saturated rings. The van der Waals surface area contributed by atoms with Gasteiger partial charge in [0.05, 0.1) is 17.6 Å². The van der Waals surface area contributed by atoms with Gasteiger partial charge in [0, 0.05) is 18.4 Å². The summed E-state index contributed by atoms with van der Waals surface area (Å²) in [6.45, 7) is 0.265. The van der Waals surface area contributed by atoms with Gasteiger partial charge < -0.3 is 9.67 Å². The van der Waals surface area contributed by atoms with Gasteiger partial charge in [-0.25, -0.2) is 4.98 Å². The maximum Gasteiger partial charge on any atom is 0.112 e. The molecule has 0 atom stereocenters. The fraction of sp³-hybridized carbons (Fsp3) is 0.562. The van der Waals surface area contributed by atoms with Crippen LogP contribution in [-0.2, 0) is 12.5 Å². The Morgan fingerprint density at radius 2 is 2.16 bits per heavy atom. The summed E-state index contributed by atoms with van der Waals surface area (Å²) in [5, 5.41) is 9.55. The largest absolute Gasteiger partial charge is 0.395 e. The van der Waals surface area contributed by atoms with Gasteiger partial charge in [0.2, 0.25) is 0 Å². The quantitative estimate of drug-likeness (QED) is 0.917. The Balaban J connectivity index is 1.81. The Hall–Kier alpha value is -1.35. The lowest BCUT2D eigenvalue weighted by Gasteiger charge is -2.24. The monoisotopic (exact) mass is 256 g/mol. The van der Waals surface area contributed by atoms with Crippen molar-refractivity contribution >= 4 is 11.0 Å². The van der Waals surface area contributed by atoms with Crippen LogP contribution in [0, 0.1) is 0 Å². The summed E-state index contributed by atoms with van der Waals surface area (Å²) in [5.41, 5.74) is 3.63. The molecule has 1 N–H and O–H groups in total. The lowest BCUT2D eigenvalue weighted by Crippen LogP contribution is -2.13. The summed E-state index contributed by atoms with van der Waals surface area (Å²) < 4.78 is 2.25. The highest BCUT2D eigenvalue weighted by Gasteiger charge is 2.43. The number of hydrogen-bond donors (Lipinski definition) is 1. The van der Waals surface area contributed by atoms with Crippen LogP contribution in [0.3, 0.4) is 0 Å². The first-order valence-electron chi connectivity index (χ1n) is 7.31. The zero-order valence-corrected chi connectivity index (χ0v) is 11.4. The van der Waals surface area contributed by atoms with E-state index in [1.165, 1.54) is 36.2 Å². The second-order valence-corrected chi connectivity index (χ2v) is 6.30. The van der Waals surface area contributed by atoms with E-state index in [9.17, 15) is 5.11 Å². The minimum Gasteiger partial charge on any atom is -0.395 e. The number of rotatable bonds is 3. The molecule has 100 valence electrons. The van der Waals surface area contributed by atoms with E-state index in [1.54, 1.807) is 0 Å². The molecule has 2 aliphatic carbocycles. The van der Waals surface area contributed by atoms with Crippen LogP contribution in [0.15, 0.2) is 18.2 Å². The second-order valence-electron chi connectivity index (χ2n) is 6.30. The first-order chi connectivity index (χ1) is 9.23. The maximum atomic E-state index is 9.55. The molecule has 1 aromatic heterocycles. The minimum atomic E-state index is 0.0440. The number of hydrogen-bond acceptors (Lipinski definition) is 2. The predicted molar refractivity (Wildman–Crippen MR) is 75.3 cm³/mol. The predicted octanol–water partition coefficient (Wildman–Crippen LogP) is 2.86. The normalized spacial score (nSPS) is 21.6. The van der Waals surface area contributed by atoms with Crippen LogP contribution in [0.25, 0.3) is 11.0 Å². The lowest BCUT2D eigenvalue weighted by atomic mass is 9.85. The highest BCUT2D eigenvalue weighted by Crippen LogP contribution is 2.48. The number of benzene rings is 1. The van der Waals surface area contributed by atoms with Gasteiger partial charge >= 0.3 is 0 Å². The van der Waals surface area contributed by atoms with E-state index in [4.69, 9.17) is 4.98 Å². The Morgan fingerprint density at radius 1 is 1.37 bits per heavy atom. The summed E-state index contributed by atoms with van der Waals surface area (Å²) in [7, 11) is 2.13. The van der Waals surface area contributed by atoms with Crippen molar-refractivity contribution in [1.29, 1.82) is 0 Å². The van der Waals surface area contributed by atoms with Gasteiger partial charge in [0.25, 0.3) is 0 Å². The van der Waals surface area contributed by atoms with Crippen LogP contribution in [0.5, 0.6) is 0 Å². The smallest absolute Gasteiger partial charge is 0.112 e. The van der Waals surface area contributed by atoms with Gasteiger partial charge in [-0.05, 0) is 43.4 Å². The van der Waals surface area contributed by atoms with Crippen molar-refractivity contribution in [3.8, 4) is 0 Å². The molecule has 1 heterocycles. The summed E-state index contributed by atoms with van der Waals surface area (Å²) in [6, 6.07) is 6.55. The van der Waals surface area contributed by atoms with Crippen LogP contribution in [0.2, 0.25) is 0 Å². The number of aliphatic hydroxyl groups excluding tert-OH is 1. The molecule has 2 aromatic rings. The topological polar surface area (TPSA) is 38.0 Å². The molecule has 0 saturated heterocycles. The standard InChI is InChI=1S/C16H20N2O/c1-18-14-6-5-12(16(10-19)7-8-16)9-13(14)17-15(18)11-3-2-4-11/h5-6,9,11,19H,2-4,7-8,10H2,1H3. The molecular weight excluding hydrogens is 236 g/mol. The molecule has 0 amide bonds. The van der Waals surface area contributed by atoms with Gasteiger partial charge in [-0.15, -0.1) is 0 Å². The lowest BCUT2D eigenvalue weighted by molar-refractivity contribution is 0.255. The SMILES string of the molecule is Cn1c(C2CCC2)nc2cc(C3(CO)CC3)ccc21. The molecule has 19 heavy (non-hydrogen) atoms. The zero-order valence-electron chi connectivity index (χ0n) is 11.4. The number of aryl methyl sites for hydroxylation is 1. The van der Waals surface area contributed by atoms with Crippen LogP contribution >= 0.6 is 0 Å². The van der Waals surface area contributed by atoms with Gasteiger partial charge in [0.1, 0.15) is 5.82 Å². The molecule has 0 aliphatic heterocycles. The minimum absolute atomic E-state index is 0.0440. The van der Waals surface area contributed by atoms with E-state index in [-0.39, 0.29) is 12.0 Å². The van der Waals surface area contributed by atoms with Crippen molar-refractivity contribution in [2.75, 3.05) is 6.61 Å². The second kappa shape index (κ2) is 3.83. The van der Waals surface area contributed by atoms with Gasteiger partial charge in [-0.3, -0.25) is 0 Å². The Morgan fingerprint density at radius 3 is 2.74 bits per heavy atom. The number of aromatic nitrogens is 2. The Kier molecular flexibility index (Phi) is 2.31. The highest BCUT2D eigenvalue weighted by molar-refractivity contribution is 5.77. The Labute approximate surface area is 113 Å². The number of nitrogens with zero attached hydrogens (tertiary/aromatic N) is 2. The molecular formula is C16H20N2O. The first-order valence-corrected chi connectivity index (χ1v) is 7.31. The molecule has 2 saturated carbocycles. The van der Waals surface area contributed by atoms with Crippen molar-refractivity contribution < 1.29 is 5.11 Å². The van der Waals surface area contributed by atoms with Crippen LogP contribution < -0.4 is 0 Å². The average Bonchev–Trinajstić information content (AvgIpc) is 3.10. The summed E-state index contributed by atoms with van der Waals surface area (Å²) >= 11 is 0. The molecule has 0 unspecified atom stereocenters. The van der Waals surface area contributed by atoms with E-state index in [0.717, 1.165) is 18.4 Å². The van der Waals surface area contributed by atoms with Crippen molar-refractivity contribution in [2.24, 2.45) is 7.05 Å². The van der Waals surface area contributed by atoms with E-state index in [1.807, 2.05) is 0 Å². The van der Waals surface area contributed by atoms with Crippen molar-refractivity contribution in [1.82, 2.24) is 9.55 Å². The van der Waals surface area contributed by atoms with Gasteiger partial charge in [-0.2, -0.15) is 0 Å². The molecule has 3 nitrogen and oxygen atoms in total. The van der Waals surface area contributed by atoms with Crippen molar-refractivity contribution in [3.63, 3.8) is 0 Å². The maximum absolute atomic E-state index is 9.55. The molecule has 2 aliphatic rings. The number of fused-ring (bicyclic) bond motifs is 1. The number of imidazole rings is 1. The Bertz CT molecular complexity index is 635. The van der Waals surface area contributed by atoms with Crippen LogP contribution in [-0.4, -0.2) is 21.3 Å². The van der Waals surface area contributed by atoms with E-state index in [2.05, 4.69) is 29.8 Å².